The van der Waals surface area contributed by atoms with Crippen molar-refractivity contribution in [3.8, 4) is 0 Å². The monoisotopic (exact) mass is 256 g/mol. The maximum absolute atomic E-state index is 13.2. The highest BCUT2D eigenvalue weighted by Crippen LogP contribution is 2.24. The number of nitro groups is 1. The van der Waals surface area contributed by atoms with Crippen LogP contribution in [0.3, 0.4) is 0 Å². The Kier molecular flexibility index (Phi) is 3.85. The van der Waals surface area contributed by atoms with E-state index >= 15 is 0 Å². The van der Waals surface area contributed by atoms with E-state index in [9.17, 15) is 19.3 Å². The summed E-state index contributed by atoms with van der Waals surface area (Å²) < 4.78 is 13.2. The number of nitrogens with zero attached hydrogens (tertiary/aromatic N) is 1. The maximum atomic E-state index is 13.2. The van der Waals surface area contributed by atoms with Crippen molar-refractivity contribution in [2.75, 3.05) is 5.32 Å². The van der Waals surface area contributed by atoms with Crippen LogP contribution >= 0.6 is 0 Å². The number of nitrogens with one attached hydrogen (secondary N) is 1. The van der Waals surface area contributed by atoms with Crippen molar-refractivity contribution in [2.24, 2.45) is 0 Å². The third kappa shape index (κ3) is 2.93. The Bertz CT molecular complexity index is 492. The van der Waals surface area contributed by atoms with Gasteiger partial charge in [-0.2, -0.15) is 0 Å². The van der Waals surface area contributed by atoms with E-state index in [4.69, 9.17) is 5.11 Å². The predicted molar refractivity (Wildman–Crippen MR) is 63.0 cm³/mol. The number of benzene rings is 1. The molecule has 0 saturated carbocycles. The molecule has 0 radical (unpaired) electrons. The molecule has 1 unspecified atom stereocenters. The molecule has 1 atom stereocenters. The highest BCUT2D eigenvalue weighted by Gasteiger charge is 2.31. The normalized spacial score (nSPS) is 13.7. The van der Waals surface area contributed by atoms with Gasteiger partial charge in [-0.1, -0.05) is 6.92 Å². The lowest BCUT2D eigenvalue weighted by molar-refractivity contribution is -0.385. The van der Waals surface area contributed by atoms with Gasteiger partial charge in [-0.05, 0) is 19.4 Å². The van der Waals surface area contributed by atoms with E-state index in [0.29, 0.717) is 0 Å². The number of hydrogen-bond donors (Lipinski definition) is 2. The summed E-state index contributed by atoms with van der Waals surface area (Å²) in [5.74, 6) is -1.91. The predicted octanol–water partition coefficient (Wildman–Crippen LogP) is 2.40. The van der Waals surface area contributed by atoms with E-state index in [0.717, 1.165) is 18.2 Å². The first kappa shape index (κ1) is 13.9. The van der Waals surface area contributed by atoms with E-state index in [2.05, 4.69) is 5.32 Å². The minimum atomic E-state index is -1.30. The van der Waals surface area contributed by atoms with Crippen molar-refractivity contribution in [3.63, 3.8) is 0 Å². The van der Waals surface area contributed by atoms with Crippen LogP contribution < -0.4 is 5.32 Å². The Hall–Kier alpha value is -2.18. The second-order valence-corrected chi connectivity index (χ2v) is 4.07. The molecule has 0 aliphatic heterocycles. The van der Waals surface area contributed by atoms with Gasteiger partial charge in [0.05, 0.1) is 11.0 Å². The summed E-state index contributed by atoms with van der Waals surface area (Å²) in [6, 6.07) is 2.89. The van der Waals surface area contributed by atoms with E-state index < -0.39 is 27.9 Å². The van der Waals surface area contributed by atoms with Crippen molar-refractivity contribution < 1.29 is 19.2 Å². The molecule has 0 bridgehead atoms. The average molecular weight is 256 g/mol. The van der Waals surface area contributed by atoms with Gasteiger partial charge < -0.3 is 10.4 Å². The van der Waals surface area contributed by atoms with Gasteiger partial charge in [0.15, 0.2) is 0 Å². The van der Waals surface area contributed by atoms with Crippen LogP contribution in [0.25, 0.3) is 0 Å². The fourth-order valence-electron chi connectivity index (χ4n) is 1.36. The van der Waals surface area contributed by atoms with E-state index in [1.165, 1.54) is 6.92 Å². The molecule has 0 aliphatic carbocycles. The first-order valence-electron chi connectivity index (χ1n) is 5.25. The van der Waals surface area contributed by atoms with Crippen LogP contribution in [0.15, 0.2) is 18.2 Å². The number of rotatable bonds is 5. The van der Waals surface area contributed by atoms with E-state index in [-0.39, 0.29) is 12.1 Å². The maximum Gasteiger partial charge on any atom is 0.329 e. The molecule has 1 aromatic rings. The molecule has 1 rings (SSSR count). The van der Waals surface area contributed by atoms with Crippen LogP contribution in [0.4, 0.5) is 15.8 Å². The van der Waals surface area contributed by atoms with Crippen molar-refractivity contribution >= 4 is 17.3 Å². The second-order valence-electron chi connectivity index (χ2n) is 4.07. The van der Waals surface area contributed by atoms with E-state index in [1.54, 1.807) is 6.92 Å². The first-order chi connectivity index (χ1) is 8.28. The van der Waals surface area contributed by atoms with Crippen molar-refractivity contribution in [3.05, 3.63) is 34.1 Å². The molecule has 7 heteroatoms. The zero-order valence-corrected chi connectivity index (χ0v) is 9.94. The third-order valence-electron chi connectivity index (χ3n) is 2.69. The molecule has 0 saturated heterocycles. The van der Waals surface area contributed by atoms with Crippen molar-refractivity contribution in [1.82, 2.24) is 0 Å². The molecule has 0 heterocycles. The van der Waals surface area contributed by atoms with Crippen LogP contribution in [0.1, 0.15) is 20.3 Å². The average Bonchev–Trinajstić information content (AvgIpc) is 2.27. The van der Waals surface area contributed by atoms with Gasteiger partial charge in [-0.25, -0.2) is 9.18 Å². The smallest absolute Gasteiger partial charge is 0.329 e. The molecule has 98 valence electrons. The number of carbonyl (C=O) groups is 1. The third-order valence-corrected chi connectivity index (χ3v) is 2.69. The SMILES string of the molecule is CCC(C)(Nc1cc(F)cc([N+](=O)[O-])c1)C(=O)O. The molecule has 1 aromatic carbocycles. The van der Waals surface area contributed by atoms with Gasteiger partial charge in [0.25, 0.3) is 5.69 Å². The zero-order chi connectivity index (χ0) is 13.9. The summed E-state index contributed by atoms with van der Waals surface area (Å²) in [5, 5.41) is 22.2. The first-order valence-corrected chi connectivity index (χ1v) is 5.25. The van der Waals surface area contributed by atoms with Gasteiger partial charge in [0.1, 0.15) is 11.4 Å². The molecule has 0 fully saturated rings. The number of non-ortho nitro benzene ring substituents is 1. The lowest BCUT2D eigenvalue weighted by Gasteiger charge is -2.25. The van der Waals surface area contributed by atoms with Crippen LogP contribution in [0, 0.1) is 15.9 Å². The molecule has 6 nitrogen and oxygen atoms in total. The van der Waals surface area contributed by atoms with Crippen LogP contribution in [-0.2, 0) is 4.79 Å². The summed E-state index contributed by atoms with van der Waals surface area (Å²) >= 11 is 0. The highest BCUT2D eigenvalue weighted by atomic mass is 19.1. The molecule has 0 amide bonds. The lowest BCUT2D eigenvalue weighted by Crippen LogP contribution is -2.42. The standard InChI is InChI=1S/C11H13FN2O4/c1-3-11(2,10(15)16)13-8-4-7(12)5-9(6-8)14(17)18/h4-6,13H,3H2,1-2H3,(H,15,16). The fraction of sp³-hybridized carbons (Fsp3) is 0.364. The molecule has 0 aromatic heterocycles. The summed E-state index contributed by atoms with van der Waals surface area (Å²) in [7, 11) is 0. The fourth-order valence-corrected chi connectivity index (χ4v) is 1.36. The number of nitro benzene ring substituents is 1. The molecule has 2 N–H and O–H groups in total. The number of carboxylic acids is 1. The van der Waals surface area contributed by atoms with Gasteiger partial charge in [0.2, 0.25) is 0 Å². The van der Waals surface area contributed by atoms with Crippen LogP contribution in [0.5, 0.6) is 0 Å². The van der Waals surface area contributed by atoms with Crippen molar-refractivity contribution in [2.45, 2.75) is 25.8 Å². The Morgan fingerprint density at radius 1 is 1.56 bits per heavy atom. The summed E-state index contributed by atoms with van der Waals surface area (Å²) in [6.45, 7) is 3.07. The van der Waals surface area contributed by atoms with Crippen LogP contribution in [0.2, 0.25) is 0 Å². The number of halogens is 1. The van der Waals surface area contributed by atoms with Gasteiger partial charge >= 0.3 is 5.97 Å². The molecule has 0 aliphatic rings. The highest BCUT2D eigenvalue weighted by molar-refractivity contribution is 5.82. The van der Waals surface area contributed by atoms with E-state index in [1.807, 2.05) is 0 Å². The minimum absolute atomic E-state index is 0.0634. The zero-order valence-electron chi connectivity index (χ0n) is 9.94. The second kappa shape index (κ2) is 4.99. The molecule has 18 heavy (non-hydrogen) atoms. The molecular weight excluding hydrogens is 243 g/mol. The molecule has 0 spiro atoms. The number of anilines is 1. The number of hydrogen-bond acceptors (Lipinski definition) is 4. The summed E-state index contributed by atoms with van der Waals surface area (Å²) in [6.07, 6.45) is 0.243. The summed E-state index contributed by atoms with van der Waals surface area (Å²) in [4.78, 5) is 20.9. The summed E-state index contributed by atoms with van der Waals surface area (Å²) in [5.41, 5.74) is -1.67. The topological polar surface area (TPSA) is 92.5 Å². The van der Waals surface area contributed by atoms with Gasteiger partial charge in [-0.3, -0.25) is 10.1 Å². The molecular formula is C11H13FN2O4. The Balaban J connectivity index is 3.11. The number of aliphatic carboxylic acids is 1. The van der Waals surface area contributed by atoms with Crippen molar-refractivity contribution in [1.29, 1.82) is 0 Å². The Morgan fingerprint density at radius 3 is 2.61 bits per heavy atom. The van der Waals surface area contributed by atoms with Gasteiger partial charge in [0, 0.05) is 11.8 Å². The number of carboxylic acid groups (broad SMARTS) is 1. The Morgan fingerprint density at radius 2 is 2.17 bits per heavy atom. The minimum Gasteiger partial charge on any atom is -0.480 e. The van der Waals surface area contributed by atoms with Gasteiger partial charge in [-0.15, -0.1) is 0 Å². The lowest BCUT2D eigenvalue weighted by atomic mass is 9.98. The van der Waals surface area contributed by atoms with Crippen LogP contribution in [-0.4, -0.2) is 21.5 Å². The quantitative estimate of drug-likeness (QED) is 0.623. The largest absolute Gasteiger partial charge is 0.480 e. The Labute approximate surface area is 103 Å².